The van der Waals surface area contributed by atoms with Gasteiger partial charge >= 0.3 is 12.1 Å². The van der Waals surface area contributed by atoms with Crippen LogP contribution in [0.2, 0.25) is 0 Å². The molecule has 0 spiro atoms. The quantitative estimate of drug-likeness (QED) is 0.263. The SMILES string of the molecule is Nc1nccc(-c2cc(F)c3nc(C4COc5ccc(C(=O)NC6CCC6)cc5C4)[nH]c3c2)n1.O=C(O)C(F)(F)F. The van der Waals surface area contributed by atoms with Gasteiger partial charge in [0.25, 0.3) is 5.91 Å². The van der Waals surface area contributed by atoms with Crippen LogP contribution in [0.3, 0.4) is 0 Å². The van der Waals surface area contributed by atoms with Crippen molar-refractivity contribution in [3.05, 3.63) is 65.4 Å². The number of rotatable bonds is 4. The summed E-state index contributed by atoms with van der Waals surface area (Å²) in [5.41, 5.74) is 9.19. The van der Waals surface area contributed by atoms with Gasteiger partial charge in [0.1, 0.15) is 17.1 Å². The Kier molecular flexibility index (Phi) is 7.47. The number of nitrogens with zero attached hydrogens (tertiary/aromatic N) is 3. The van der Waals surface area contributed by atoms with Crippen LogP contribution >= 0.6 is 0 Å². The molecule has 14 heteroatoms. The van der Waals surface area contributed by atoms with E-state index in [0.29, 0.717) is 41.2 Å². The van der Waals surface area contributed by atoms with Gasteiger partial charge in [-0.25, -0.2) is 24.1 Å². The molecule has 5 N–H and O–H groups in total. The van der Waals surface area contributed by atoms with Gasteiger partial charge in [-0.3, -0.25) is 4.79 Å². The lowest BCUT2D eigenvalue weighted by Crippen LogP contribution is -2.39. The molecule has 1 fully saturated rings. The first kappa shape index (κ1) is 27.8. The van der Waals surface area contributed by atoms with E-state index in [4.69, 9.17) is 20.4 Å². The molecule has 1 amide bonds. The van der Waals surface area contributed by atoms with Crippen molar-refractivity contribution in [1.82, 2.24) is 25.3 Å². The van der Waals surface area contributed by atoms with E-state index in [1.165, 1.54) is 12.3 Å². The molecule has 1 unspecified atom stereocenters. The molecular weight excluding hydrogens is 548 g/mol. The summed E-state index contributed by atoms with van der Waals surface area (Å²) in [4.78, 5) is 37.3. The van der Waals surface area contributed by atoms with Crippen LogP contribution in [0.5, 0.6) is 5.75 Å². The number of nitrogens with one attached hydrogen (secondary N) is 2. The monoisotopic (exact) mass is 572 g/mol. The van der Waals surface area contributed by atoms with Crippen molar-refractivity contribution in [2.24, 2.45) is 0 Å². The van der Waals surface area contributed by atoms with Gasteiger partial charge in [0.15, 0.2) is 5.82 Å². The largest absolute Gasteiger partial charge is 0.493 e. The van der Waals surface area contributed by atoms with Gasteiger partial charge in [-0.15, -0.1) is 0 Å². The molecule has 2 aromatic heterocycles. The molecule has 214 valence electrons. The van der Waals surface area contributed by atoms with E-state index in [-0.39, 0.29) is 29.3 Å². The summed E-state index contributed by atoms with van der Waals surface area (Å²) in [6.45, 7) is 0.414. The highest BCUT2D eigenvalue weighted by molar-refractivity contribution is 5.95. The lowest BCUT2D eigenvalue weighted by molar-refractivity contribution is -0.192. The van der Waals surface area contributed by atoms with Crippen molar-refractivity contribution < 1.29 is 37.0 Å². The van der Waals surface area contributed by atoms with Crippen molar-refractivity contribution in [2.45, 2.75) is 43.8 Å². The van der Waals surface area contributed by atoms with E-state index in [9.17, 15) is 22.4 Å². The first-order valence-electron chi connectivity index (χ1n) is 12.6. The van der Waals surface area contributed by atoms with Crippen molar-refractivity contribution >= 4 is 28.9 Å². The number of ether oxygens (including phenoxy) is 1. The topological polar surface area (TPSA) is 156 Å². The number of alkyl halides is 3. The highest BCUT2D eigenvalue weighted by Crippen LogP contribution is 2.34. The summed E-state index contributed by atoms with van der Waals surface area (Å²) in [6.07, 6.45) is 0.331. The van der Waals surface area contributed by atoms with Gasteiger partial charge in [-0.05, 0) is 67.6 Å². The number of carboxylic acids is 1. The average molecular weight is 573 g/mol. The minimum absolute atomic E-state index is 0.0571. The number of imidazole rings is 1. The summed E-state index contributed by atoms with van der Waals surface area (Å²) >= 11 is 0. The number of hydrogen-bond acceptors (Lipinski definition) is 7. The van der Waals surface area contributed by atoms with Crippen molar-refractivity contribution in [3.8, 4) is 17.0 Å². The molecular formula is C27H24F4N6O4. The number of hydrogen-bond donors (Lipinski definition) is 4. The minimum Gasteiger partial charge on any atom is -0.493 e. The summed E-state index contributed by atoms with van der Waals surface area (Å²) in [5, 5.41) is 10.2. The zero-order chi connectivity index (χ0) is 29.3. The average Bonchev–Trinajstić information content (AvgIpc) is 3.35. The number of nitrogen functional groups attached to an aromatic ring is 1. The normalized spacial score (nSPS) is 16.5. The molecule has 10 nitrogen and oxygen atoms in total. The van der Waals surface area contributed by atoms with Crippen LogP contribution in [0.1, 0.15) is 46.9 Å². The summed E-state index contributed by atoms with van der Waals surface area (Å²) in [6, 6.07) is 10.7. The van der Waals surface area contributed by atoms with Crippen molar-refractivity contribution in [1.29, 1.82) is 0 Å². The highest BCUT2D eigenvalue weighted by Gasteiger charge is 2.38. The number of anilines is 1. The van der Waals surface area contributed by atoms with E-state index in [0.717, 1.165) is 30.6 Å². The molecule has 1 aliphatic heterocycles. The molecule has 1 aliphatic carbocycles. The Bertz CT molecular complexity index is 1620. The number of H-pyrrole nitrogens is 1. The van der Waals surface area contributed by atoms with Crippen molar-refractivity contribution in [2.75, 3.05) is 12.3 Å². The maximum atomic E-state index is 14.9. The van der Waals surface area contributed by atoms with E-state index in [1.54, 1.807) is 18.2 Å². The molecule has 6 rings (SSSR count). The highest BCUT2D eigenvalue weighted by atomic mass is 19.4. The maximum absolute atomic E-state index is 14.9. The molecule has 4 aromatic rings. The number of amides is 1. The van der Waals surface area contributed by atoms with Gasteiger partial charge in [0.2, 0.25) is 5.95 Å². The second kappa shape index (κ2) is 11.0. The lowest BCUT2D eigenvalue weighted by Gasteiger charge is -2.27. The van der Waals surface area contributed by atoms with Crippen molar-refractivity contribution in [3.63, 3.8) is 0 Å². The Hall–Kier alpha value is -4.75. The molecule has 0 bridgehead atoms. The van der Waals surface area contributed by atoms with Crippen LogP contribution in [0.25, 0.3) is 22.3 Å². The van der Waals surface area contributed by atoms with Crippen LogP contribution < -0.4 is 15.8 Å². The number of fused-ring (bicyclic) bond motifs is 2. The van der Waals surface area contributed by atoms with E-state index in [2.05, 4.69) is 25.3 Å². The standard InChI is InChI=1S/C25H23FN6O2.C2HF3O2/c26-18-10-14(19-6-7-28-25(27)31-19)11-20-22(18)32-23(30-20)16-9-15-8-13(4-5-21(15)34-12-16)24(33)29-17-2-1-3-17;3-2(4,5)1(6)7/h4-8,10-11,16-17H,1-3,9,12H2,(H,29,33)(H,30,32)(H2,27,28,31);(H,6,7). The number of carboxylic acid groups (broad SMARTS) is 1. The number of carbonyl (C=O) groups excluding carboxylic acids is 1. The first-order chi connectivity index (χ1) is 19.5. The van der Waals surface area contributed by atoms with Crippen LogP contribution in [0, 0.1) is 5.82 Å². The number of carbonyl (C=O) groups is 2. The van der Waals surface area contributed by atoms with Crippen LogP contribution in [0.15, 0.2) is 42.6 Å². The summed E-state index contributed by atoms with van der Waals surface area (Å²) in [7, 11) is 0. The summed E-state index contributed by atoms with van der Waals surface area (Å²) in [5.74, 6) is -1.82. The Morgan fingerprint density at radius 3 is 2.54 bits per heavy atom. The molecule has 2 aromatic carbocycles. The first-order valence-corrected chi connectivity index (χ1v) is 12.6. The predicted molar refractivity (Wildman–Crippen MR) is 139 cm³/mol. The van der Waals surface area contributed by atoms with Gasteiger partial charge in [0, 0.05) is 23.4 Å². The number of aliphatic carboxylic acids is 1. The smallest absolute Gasteiger partial charge is 0.490 e. The lowest BCUT2D eigenvalue weighted by atomic mass is 9.92. The number of aromatic amines is 1. The fourth-order valence-corrected chi connectivity index (χ4v) is 4.50. The van der Waals surface area contributed by atoms with Crippen LogP contribution in [-0.2, 0) is 11.2 Å². The molecule has 0 saturated heterocycles. The molecule has 1 saturated carbocycles. The third-order valence-electron chi connectivity index (χ3n) is 6.83. The molecule has 3 heterocycles. The Labute approximate surface area is 230 Å². The number of halogens is 4. The number of benzene rings is 2. The molecule has 2 aliphatic rings. The minimum atomic E-state index is -5.08. The molecule has 41 heavy (non-hydrogen) atoms. The number of nitrogens with two attached hydrogens (primary N) is 1. The van der Waals surface area contributed by atoms with E-state index in [1.807, 2.05) is 12.1 Å². The molecule has 1 atom stereocenters. The Balaban J connectivity index is 0.000000431. The predicted octanol–water partition coefficient (Wildman–Crippen LogP) is 4.38. The van der Waals surface area contributed by atoms with Gasteiger partial charge in [0.05, 0.1) is 23.7 Å². The van der Waals surface area contributed by atoms with Crippen LogP contribution in [0.4, 0.5) is 23.5 Å². The maximum Gasteiger partial charge on any atom is 0.490 e. The second-order valence-corrected chi connectivity index (χ2v) is 9.72. The van der Waals surface area contributed by atoms with E-state index < -0.39 is 18.0 Å². The summed E-state index contributed by atoms with van der Waals surface area (Å²) < 4.78 is 52.6. The third kappa shape index (κ3) is 6.21. The number of aromatic nitrogens is 4. The van der Waals surface area contributed by atoms with Crippen LogP contribution in [-0.4, -0.2) is 55.7 Å². The molecule has 0 radical (unpaired) electrons. The van der Waals surface area contributed by atoms with E-state index >= 15 is 0 Å². The Morgan fingerprint density at radius 1 is 1.12 bits per heavy atom. The Morgan fingerprint density at radius 2 is 1.88 bits per heavy atom. The zero-order valence-corrected chi connectivity index (χ0v) is 21.3. The second-order valence-electron chi connectivity index (χ2n) is 9.72. The van der Waals surface area contributed by atoms with Gasteiger partial charge < -0.3 is 25.9 Å². The fraction of sp³-hybridized carbons (Fsp3) is 0.296. The van der Waals surface area contributed by atoms with Gasteiger partial charge in [-0.2, -0.15) is 13.2 Å². The third-order valence-corrected chi connectivity index (χ3v) is 6.83. The zero-order valence-electron chi connectivity index (χ0n) is 21.3. The van der Waals surface area contributed by atoms with Gasteiger partial charge in [-0.1, -0.05) is 0 Å². The fourth-order valence-electron chi connectivity index (χ4n) is 4.50.